The molecule has 0 unspecified atom stereocenters. The van der Waals surface area contributed by atoms with Crippen molar-refractivity contribution in [2.75, 3.05) is 0 Å². The van der Waals surface area contributed by atoms with Crippen molar-refractivity contribution >= 4 is 22.6 Å². The molecule has 0 fully saturated rings. The maximum absolute atomic E-state index is 5.38. The molecule has 12 heavy (non-hydrogen) atoms. The Labute approximate surface area is 74.8 Å². The van der Waals surface area contributed by atoms with Crippen molar-refractivity contribution in [3.8, 4) is 0 Å². The van der Waals surface area contributed by atoms with E-state index in [0.717, 1.165) is 0 Å². The summed E-state index contributed by atoms with van der Waals surface area (Å²) in [6.45, 7) is 0. The highest BCUT2D eigenvalue weighted by Crippen LogP contribution is 2.10. The Morgan fingerprint density at radius 3 is 2.50 bits per heavy atom. The van der Waals surface area contributed by atoms with E-state index in [0.29, 0.717) is 5.69 Å². The first kappa shape index (κ1) is 8.67. The van der Waals surface area contributed by atoms with E-state index in [1.54, 1.807) is 12.1 Å². The van der Waals surface area contributed by atoms with E-state index in [4.69, 9.17) is 17.4 Å². The standard InChI is InChI=1S/C7H7ClN4/c8-7(10-9)12-11-6-4-2-1-3-5-6/h1-5H,9H2. The average Bonchev–Trinajstić information content (AvgIpc) is 2.16. The second-order valence-electron chi connectivity index (χ2n) is 1.93. The van der Waals surface area contributed by atoms with Gasteiger partial charge in [0.2, 0.25) is 0 Å². The molecule has 0 aliphatic carbocycles. The number of benzene rings is 1. The molecule has 5 heteroatoms. The molecule has 4 nitrogen and oxygen atoms in total. The molecule has 0 aromatic heterocycles. The molecule has 0 bridgehead atoms. The first-order valence-electron chi connectivity index (χ1n) is 3.23. The minimum atomic E-state index is -0.0705. The third kappa shape index (κ3) is 2.67. The smallest absolute Gasteiger partial charge is 0.259 e. The van der Waals surface area contributed by atoms with Crippen LogP contribution in [0.5, 0.6) is 0 Å². The van der Waals surface area contributed by atoms with E-state index >= 15 is 0 Å². The molecule has 0 saturated carbocycles. The second-order valence-corrected chi connectivity index (χ2v) is 2.27. The molecular weight excluding hydrogens is 176 g/mol. The molecule has 1 aromatic rings. The largest absolute Gasteiger partial charge is 0.320 e. The Balaban J connectivity index is 2.70. The van der Waals surface area contributed by atoms with Gasteiger partial charge in [0, 0.05) is 0 Å². The van der Waals surface area contributed by atoms with E-state index in [1.165, 1.54) is 0 Å². The van der Waals surface area contributed by atoms with E-state index in [1.807, 2.05) is 18.2 Å². The van der Waals surface area contributed by atoms with Crippen molar-refractivity contribution in [2.24, 2.45) is 21.2 Å². The maximum atomic E-state index is 5.38. The predicted octanol–water partition coefficient (Wildman–Crippen LogP) is 2.24. The number of hydrazone groups is 1. The predicted molar refractivity (Wildman–Crippen MR) is 48.4 cm³/mol. The molecule has 0 spiro atoms. The van der Waals surface area contributed by atoms with E-state index in [9.17, 15) is 0 Å². The van der Waals surface area contributed by atoms with E-state index in [-0.39, 0.29) is 5.29 Å². The summed E-state index contributed by atoms with van der Waals surface area (Å²) in [7, 11) is 0. The lowest BCUT2D eigenvalue weighted by Crippen LogP contribution is -1.86. The first-order chi connectivity index (χ1) is 5.83. The molecule has 62 valence electrons. The minimum absolute atomic E-state index is 0.0705. The fraction of sp³-hybridized carbons (Fsp3) is 0. The zero-order valence-electron chi connectivity index (χ0n) is 6.18. The van der Waals surface area contributed by atoms with Gasteiger partial charge in [-0.3, -0.25) is 0 Å². The van der Waals surface area contributed by atoms with Crippen molar-refractivity contribution in [3.05, 3.63) is 30.3 Å². The highest BCUT2D eigenvalue weighted by molar-refractivity contribution is 6.64. The van der Waals surface area contributed by atoms with Crippen LogP contribution in [0.25, 0.3) is 0 Å². The summed E-state index contributed by atoms with van der Waals surface area (Å²) in [6, 6.07) is 9.18. The Morgan fingerprint density at radius 2 is 1.92 bits per heavy atom. The van der Waals surface area contributed by atoms with Crippen LogP contribution >= 0.6 is 11.6 Å². The van der Waals surface area contributed by atoms with Gasteiger partial charge in [0.15, 0.2) is 0 Å². The summed E-state index contributed by atoms with van der Waals surface area (Å²) >= 11 is 5.38. The van der Waals surface area contributed by atoms with Crippen molar-refractivity contribution in [1.29, 1.82) is 0 Å². The van der Waals surface area contributed by atoms with Crippen LogP contribution in [0.3, 0.4) is 0 Å². The summed E-state index contributed by atoms with van der Waals surface area (Å²) in [5.41, 5.74) is 0.708. The van der Waals surface area contributed by atoms with Crippen LogP contribution in [0.2, 0.25) is 0 Å². The molecule has 1 aromatic carbocycles. The number of nitrogens with zero attached hydrogens (tertiary/aromatic N) is 3. The number of hydrogen-bond donors (Lipinski definition) is 1. The van der Waals surface area contributed by atoms with Crippen molar-refractivity contribution < 1.29 is 0 Å². The molecular formula is C7H7ClN4. The van der Waals surface area contributed by atoms with Crippen molar-refractivity contribution in [3.63, 3.8) is 0 Å². The summed E-state index contributed by atoms with van der Waals surface area (Å²) in [5.74, 6) is 4.84. The lowest BCUT2D eigenvalue weighted by Gasteiger charge is -1.87. The molecule has 0 radical (unpaired) electrons. The third-order valence-electron chi connectivity index (χ3n) is 1.11. The van der Waals surface area contributed by atoms with Crippen LogP contribution in [0.1, 0.15) is 0 Å². The van der Waals surface area contributed by atoms with Crippen LogP contribution in [0.4, 0.5) is 5.69 Å². The van der Waals surface area contributed by atoms with Gasteiger partial charge in [0.25, 0.3) is 5.29 Å². The molecule has 0 aliphatic rings. The van der Waals surface area contributed by atoms with Crippen LogP contribution in [-0.2, 0) is 0 Å². The number of nitrogens with two attached hydrogens (primary N) is 1. The molecule has 0 atom stereocenters. The SMILES string of the molecule is NN=C(Cl)N=Nc1ccccc1. The summed E-state index contributed by atoms with van der Waals surface area (Å²) in [4.78, 5) is 0. The summed E-state index contributed by atoms with van der Waals surface area (Å²) in [6.07, 6.45) is 0. The van der Waals surface area contributed by atoms with E-state index in [2.05, 4.69) is 15.3 Å². The quantitative estimate of drug-likeness (QED) is 0.178. The van der Waals surface area contributed by atoms with Crippen LogP contribution < -0.4 is 5.84 Å². The lowest BCUT2D eigenvalue weighted by atomic mass is 10.3. The van der Waals surface area contributed by atoms with Gasteiger partial charge >= 0.3 is 0 Å². The molecule has 0 saturated heterocycles. The average molecular weight is 183 g/mol. The van der Waals surface area contributed by atoms with Gasteiger partial charge in [-0.05, 0) is 23.7 Å². The first-order valence-corrected chi connectivity index (χ1v) is 3.61. The highest BCUT2D eigenvalue weighted by Gasteiger charge is 1.87. The maximum Gasteiger partial charge on any atom is 0.259 e. The Bertz CT molecular complexity index is 294. The van der Waals surface area contributed by atoms with Gasteiger partial charge in [-0.1, -0.05) is 18.2 Å². The number of amidine groups is 1. The van der Waals surface area contributed by atoms with Crippen molar-refractivity contribution in [1.82, 2.24) is 0 Å². The van der Waals surface area contributed by atoms with Gasteiger partial charge in [-0.2, -0.15) is 0 Å². The zero-order chi connectivity index (χ0) is 8.81. The number of hydrogen-bond acceptors (Lipinski definition) is 3. The van der Waals surface area contributed by atoms with Gasteiger partial charge in [-0.25, -0.2) is 0 Å². The summed E-state index contributed by atoms with van der Waals surface area (Å²) in [5, 5.41) is 10.3. The second kappa shape index (κ2) is 4.46. The molecule has 1 rings (SSSR count). The van der Waals surface area contributed by atoms with E-state index < -0.39 is 0 Å². The highest BCUT2D eigenvalue weighted by atomic mass is 35.5. The van der Waals surface area contributed by atoms with Gasteiger partial charge in [0.05, 0.1) is 5.69 Å². The minimum Gasteiger partial charge on any atom is -0.320 e. The topological polar surface area (TPSA) is 63.1 Å². The van der Waals surface area contributed by atoms with Crippen LogP contribution in [-0.4, -0.2) is 5.29 Å². The van der Waals surface area contributed by atoms with Crippen LogP contribution in [0.15, 0.2) is 45.7 Å². The number of azo groups is 1. The van der Waals surface area contributed by atoms with Gasteiger partial charge in [-0.15, -0.1) is 15.3 Å². The normalized spacial score (nSPS) is 12.2. The Morgan fingerprint density at radius 1 is 1.25 bits per heavy atom. The number of halogens is 1. The molecule has 0 aliphatic heterocycles. The van der Waals surface area contributed by atoms with Gasteiger partial charge in [0.1, 0.15) is 0 Å². The number of rotatable bonds is 1. The Hall–Kier alpha value is -1.42. The zero-order valence-corrected chi connectivity index (χ0v) is 6.94. The lowest BCUT2D eigenvalue weighted by molar-refractivity contribution is 1.20. The Kier molecular flexibility index (Phi) is 3.22. The molecule has 2 N–H and O–H groups in total. The van der Waals surface area contributed by atoms with Crippen LogP contribution in [0, 0.1) is 0 Å². The van der Waals surface area contributed by atoms with Gasteiger partial charge < -0.3 is 5.84 Å². The fourth-order valence-corrected chi connectivity index (χ4v) is 0.657. The molecule has 0 amide bonds. The third-order valence-corrected chi connectivity index (χ3v) is 1.28. The van der Waals surface area contributed by atoms with Crippen molar-refractivity contribution in [2.45, 2.75) is 0 Å². The summed E-state index contributed by atoms with van der Waals surface area (Å²) < 4.78 is 0. The molecule has 0 heterocycles. The monoisotopic (exact) mass is 182 g/mol. The fourth-order valence-electron chi connectivity index (χ4n) is 0.619.